The molecular formula is C5H9NO5S. The van der Waals surface area contributed by atoms with E-state index in [-0.39, 0.29) is 6.61 Å². The topological polar surface area (TPSA) is 92.7 Å². The van der Waals surface area contributed by atoms with Gasteiger partial charge in [0.15, 0.2) is 0 Å². The van der Waals surface area contributed by atoms with Gasteiger partial charge in [-0.3, -0.25) is 4.79 Å². The zero-order chi connectivity index (χ0) is 9.35. The average Bonchev–Trinajstić information content (AvgIpc) is 2.16. The van der Waals surface area contributed by atoms with Crippen molar-refractivity contribution in [3.8, 4) is 0 Å². The molecule has 2 unspecified atom stereocenters. The molecule has 12 heavy (non-hydrogen) atoms. The van der Waals surface area contributed by atoms with Gasteiger partial charge in [-0.2, -0.15) is 4.72 Å². The number of aliphatic hydroxyl groups is 1. The van der Waals surface area contributed by atoms with Crippen molar-refractivity contribution in [3.63, 3.8) is 0 Å². The van der Waals surface area contributed by atoms with Gasteiger partial charge in [-0.25, -0.2) is 8.42 Å². The number of carbonyl (C=O) groups excluding carboxylic acids is 1. The summed E-state index contributed by atoms with van der Waals surface area (Å²) in [6, 6.07) is -1.15. The zero-order valence-corrected chi connectivity index (χ0v) is 7.17. The molecule has 1 rings (SSSR count). The largest absolute Gasteiger partial charge is 0.462 e. The van der Waals surface area contributed by atoms with Gasteiger partial charge in [0.05, 0.1) is 6.26 Å². The van der Waals surface area contributed by atoms with Crippen LogP contribution in [0.1, 0.15) is 0 Å². The maximum atomic E-state index is 10.8. The van der Waals surface area contributed by atoms with E-state index in [1.165, 1.54) is 0 Å². The van der Waals surface area contributed by atoms with Crippen LogP contribution in [0, 0.1) is 0 Å². The Balaban J connectivity index is 2.69. The van der Waals surface area contributed by atoms with Crippen LogP contribution in [0.4, 0.5) is 0 Å². The second-order valence-electron chi connectivity index (χ2n) is 2.57. The molecule has 1 aliphatic rings. The summed E-state index contributed by atoms with van der Waals surface area (Å²) < 4.78 is 27.7. The van der Waals surface area contributed by atoms with Gasteiger partial charge in [-0.15, -0.1) is 0 Å². The molecule has 1 saturated heterocycles. The molecular weight excluding hydrogens is 186 g/mol. The second kappa shape index (κ2) is 3.00. The summed E-state index contributed by atoms with van der Waals surface area (Å²) in [5.41, 5.74) is 0. The minimum Gasteiger partial charge on any atom is -0.462 e. The highest BCUT2D eigenvalue weighted by atomic mass is 32.2. The van der Waals surface area contributed by atoms with Crippen molar-refractivity contribution in [2.75, 3.05) is 12.9 Å². The van der Waals surface area contributed by atoms with Gasteiger partial charge in [0, 0.05) is 0 Å². The number of nitrogens with one attached hydrogen (secondary N) is 1. The predicted octanol–water partition coefficient (Wildman–Crippen LogP) is -2.18. The summed E-state index contributed by atoms with van der Waals surface area (Å²) in [4.78, 5) is 10.8. The van der Waals surface area contributed by atoms with Crippen LogP contribution in [-0.2, 0) is 19.6 Å². The van der Waals surface area contributed by atoms with Crippen molar-refractivity contribution < 1.29 is 23.1 Å². The molecule has 0 saturated carbocycles. The molecule has 1 aliphatic heterocycles. The molecule has 1 fully saturated rings. The number of hydrogen-bond donors (Lipinski definition) is 2. The Labute approximate surface area is 69.6 Å². The first-order chi connectivity index (χ1) is 5.40. The number of cyclic esters (lactones) is 1. The van der Waals surface area contributed by atoms with E-state index in [1.54, 1.807) is 0 Å². The summed E-state index contributed by atoms with van der Waals surface area (Å²) >= 11 is 0. The minimum absolute atomic E-state index is 0.161. The molecule has 0 amide bonds. The summed E-state index contributed by atoms with van der Waals surface area (Å²) in [6.45, 7) is -0.161. The number of sulfonamides is 1. The number of carbonyl (C=O) groups is 1. The summed E-state index contributed by atoms with van der Waals surface area (Å²) in [5.74, 6) is -0.743. The van der Waals surface area contributed by atoms with Crippen LogP contribution in [-0.4, -0.2) is 44.5 Å². The molecule has 7 heteroatoms. The Kier molecular flexibility index (Phi) is 2.36. The lowest BCUT2D eigenvalue weighted by atomic mass is 10.2. The molecule has 0 aromatic carbocycles. The fourth-order valence-corrected chi connectivity index (χ4v) is 1.58. The second-order valence-corrected chi connectivity index (χ2v) is 4.35. The molecule has 1 heterocycles. The quantitative estimate of drug-likeness (QED) is 0.489. The van der Waals surface area contributed by atoms with Gasteiger partial charge in [0.25, 0.3) is 0 Å². The molecule has 0 aliphatic carbocycles. The van der Waals surface area contributed by atoms with E-state index in [0.717, 1.165) is 6.26 Å². The lowest BCUT2D eigenvalue weighted by Gasteiger charge is -2.09. The monoisotopic (exact) mass is 195 g/mol. The van der Waals surface area contributed by atoms with Crippen LogP contribution in [0.5, 0.6) is 0 Å². The number of rotatable bonds is 2. The number of esters is 1. The van der Waals surface area contributed by atoms with Crippen molar-refractivity contribution in [1.82, 2.24) is 4.72 Å². The van der Waals surface area contributed by atoms with E-state index >= 15 is 0 Å². The van der Waals surface area contributed by atoms with Crippen LogP contribution >= 0.6 is 0 Å². The molecule has 0 bridgehead atoms. The Morgan fingerprint density at radius 1 is 1.67 bits per heavy atom. The third kappa shape index (κ3) is 2.16. The van der Waals surface area contributed by atoms with Crippen molar-refractivity contribution in [3.05, 3.63) is 0 Å². The van der Waals surface area contributed by atoms with Gasteiger partial charge in [-0.05, 0) is 0 Å². The normalized spacial score (nSPS) is 30.3. The van der Waals surface area contributed by atoms with E-state index in [2.05, 4.69) is 4.74 Å². The first-order valence-corrected chi connectivity index (χ1v) is 5.11. The van der Waals surface area contributed by atoms with Gasteiger partial charge in [0.1, 0.15) is 18.8 Å². The Hall–Kier alpha value is -0.660. The number of hydrogen-bond acceptors (Lipinski definition) is 5. The lowest BCUT2D eigenvalue weighted by Crippen LogP contribution is -2.44. The van der Waals surface area contributed by atoms with Crippen molar-refractivity contribution >= 4 is 16.0 Å². The summed E-state index contributed by atoms with van der Waals surface area (Å²) in [5, 5.41) is 9.05. The van der Waals surface area contributed by atoms with Crippen molar-refractivity contribution in [1.29, 1.82) is 0 Å². The maximum Gasteiger partial charge on any atom is 0.327 e. The fourth-order valence-electron chi connectivity index (χ4n) is 0.868. The zero-order valence-electron chi connectivity index (χ0n) is 6.35. The van der Waals surface area contributed by atoms with E-state index in [4.69, 9.17) is 5.11 Å². The van der Waals surface area contributed by atoms with Crippen molar-refractivity contribution in [2.24, 2.45) is 0 Å². The van der Waals surface area contributed by atoms with Crippen LogP contribution in [0.3, 0.4) is 0 Å². The highest BCUT2D eigenvalue weighted by Gasteiger charge is 2.37. The summed E-state index contributed by atoms with van der Waals surface area (Å²) in [7, 11) is -3.48. The predicted molar refractivity (Wildman–Crippen MR) is 38.7 cm³/mol. The Morgan fingerprint density at radius 3 is 2.58 bits per heavy atom. The van der Waals surface area contributed by atoms with Crippen LogP contribution in [0.2, 0.25) is 0 Å². The third-order valence-corrected chi connectivity index (χ3v) is 2.06. The molecule has 0 spiro atoms. The van der Waals surface area contributed by atoms with E-state index in [1.807, 2.05) is 4.72 Å². The lowest BCUT2D eigenvalue weighted by molar-refractivity contribution is -0.139. The molecule has 2 N–H and O–H groups in total. The van der Waals surface area contributed by atoms with Gasteiger partial charge in [-0.1, -0.05) is 0 Å². The van der Waals surface area contributed by atoms with E-state index < -0.39 is 28.1 Å². The fraction of sp³-hybridized carbons (Fsp3) is 0.800. The molecule has 0 aromatic heterocycles. The number of ether oxygens (including phenoxy) is 1. The van der Waals surface area contributed by atoms with Crippen LogP contribution in [0.25, 0.3) is 0 Å². The first kappa shape index (κ1) is 9.43. The molecule has 6 nitrogen and oxygen atoms in total. The van der Waals surface area contributed by atoms with E-state index in [0.29, 0.717) is 0 Å². The molecule has 0 radical (unpaired) electrons. The van der Waals surface area contributed by atoms with Gasteiger partial charge >= 0.3 is 5.97 Å². The minimum atomic E-state index is -3.48. The van der Waals surface area contributed by atoms with Gasteiger partial charge in [0.2, 0.25) is 10.0 Å². The van der Waals surface area contributed by atoms with E-state index in [9.17, 15) is 13.2 Å². The standard InChI is InChI=1S/C5H9NO5S/c1-12(9,10)6-4-3(7)2-11-5(4)8/h3-4,6-7H,2H2,1H3. The summed E-state index contributed by atoms with van der Waals surface area (Å²) in [6.07, 6.45) is -0.182. The highest BCUT2D eigenvalue weighted by molar-refractivity contribution is 7.88. The third-order valence-electron chi connectivity index (χ3n) is 1.38. The smallest absolute Gasteiger partial charge is 0.327 e. The van der Waals surface area contributed by atoms with Crippen LogP contribution < -0.4 is 4.72 Å². The number of aliphatic hydroxyl groups excluding tert-OH is 1. The SMILES string of the molecule is CS(=O)(=O)NC1C(=O)OCC1O. The Morgan fingerprint density at radius 2 is 2.25 bits per heavy atom. The van der Waals surface area contributed by atoms with Gasteiger partial charge < -0.3 is 9.84 Å². The average molecular weight is 195 g/mol. The molecule has 70 valence electrons. The maximum absolute atomic E-state index is 10.8. The molecule has 0 aromatic rings. The first-order valence-electron chi connectivity index (χ1n) is 3.22. The molecule has 2 atom stereocenters. The highest BCUT2D eigenvalue weighted by Crippen LogP contribution is 2.07. The Bertz CT molecular complexity index is 284. The van der Waals surface area contributed by atoms with Crippen LogP contribution in [0.15, 0.2) is 0 Å². The van der Waals surface area contributed by atoms with Crippen molar-refractivity contribution in [2.45, 2.75) is 12.1 Å².